The van der Waals surface area contributed by atoms with Gasteiger partial charge in [0.25, 0.3) is 0 Å². The van der Waals surface area contributed by atoms with Crippen molar-refractivity contribution in [3.63, 3.8) is 0 Å². The quantitative estimate of drug-likeness (QED) is 0.402. The molecule has 5 N–H and O–H groups in total. The molecular formula is C22H36O7. The number of fused-ring (bicyclic) bond motifs is 2. The number of ether oxygens (including phenoxy) is 1. The van der Waals surface area contributed by atoms with Crippen molar-refractivity contribution in [2.45, 2.75) is 102 Å². The summed E-state index contributed by atoms with van der Waals surface area (Å²) in [6.07, 6.45) is -0.985. The molecule has 4 saturated carbocycles. The molecule has 4 aliphatic rings. The van der Waals surface area contributed by atoms with Gasteiger partial charge in [-0.1, -0.05) is 13.8 Å². The van der Waals surface area contributed by atoms with E-state index in [1.165, 1.54) is 6.92 Å². The summed E-state index contributed by atoms with van der Waals surface area (Å²) in [7, 11) is 0. The van der Waals surface area contributed by atoms with Crippen molar-refractivity contribution in [1.82, 2.24) is 0 Å². The molecule has 0 aromatic heterocycles. The average Bonchev–Trinajstić information content (AvgIpc) is 2.80. The van der Waals surface area contributed by atoms with E-state index >= 15 is 0 Å². The molecule has 29 heavy (non-hydrogen) atoms. The summed E-state index contributed by atoms with van der Waals surface area (Å²) < 4.78 is 5.75. The van der Waals surface area contributed by atoms with Crippen molar-refractivity contribution < 1.29 is 35.1 Å². The van der Waals surface area contributed by atoms with Crippen LogP contribution >= 0.6 is 0 Å². The smallest absolute Gasteiger partial charge is 0.302 e. The van der Waals surface area contributed by atoms with E-state index in [2.05, 4.69) is 0 Å². The van der Waals surface area contributed by atoms with Gasteiger partial charge in [-0.2, -0.15) is 0 Å². The van der Waals surface area contributed by atoms with E-state index in [9.17, 15) is 30.3 Å². The molecule has 4 fully saturated rings. The van der Waals surface area contributed by atoms with E-state index in [1.54, 1.807) is 27.7 Å². The summed E-state index contributed by atoms with van der Waals surface area (Å²) in [6.45, 7) is 8.20. The maximum Gasteiger partial charge on any atom is 0.302 e. The molecule has 166 valence electrons. The Labute approximate surface area is 172 Å². The first kappa shape index (κ1) is 21.5. The maximum absolute atomic E-state index is 11.9. The third-order valence-electron chi connectivity index (χ3n) is 9.52. The lowest BCUT2D eigenvalue weighted by Gasteiger charge is -2.51. The van der Waals surface area contributed by atoms with Crippen LogP contribution in [0.15, 0.2) is 0 Å². The van der Waals surface area contributed by atoms with Crippen LogP contribution in [0.1, 0.15) is 66.7 Å². The number of hydrogen-bond donors (Lipinski definition) is 5. The minimum absolute atomic E-state index is 0.0988. The Balaban J connectivity index is 1.90. The Bertz CT molecular complexity index is 716. The fourth-order valence-corrected chi connectivity index (χ4v) is 8.14. The van der Waals surface area contributed by atoms with E-state index in [1.807, 2.05) is 0 Å². The number of carbonyl (C=O) groups is 1. The molecule has 4 rings (SSSR count). The topological polar surface area (TPSA) is 127 Å². The Morgan fingerprint density at radius 2 is 1.59 bits per heavy atom. The van der Waals surface area contributed by atoms with E-state index < -0.39 is 57.8 Å². The van der Waals surface area contributed by atoms with Gasteiger partial charge in [-0.15, -0.1) is 0 Å². The zero-order chi connectivity index (χ0) is 21.8. The molecule has 0 aromatic rings. The SMILES string of the molecule is CC(=O)O[C@@H]1[C@H]2CC[C@H]3[C@@](C)(O)[C@@H]4C[C@H](O)C(C)(C)[C@@]4(O)[C@H](O)C[C@@]13C[C@]2(C)O. The zero-order valence-corrected chi connectivity index (χ0v) is 18.1. The summed E-state index contributed by atoms with van der Waals surface area (Å²) in [6, 6.07) is 0. The second-order valence-electron chi connectivity index (χ2n) is 11.3. The molecule has 0 radical (unpaired) electrons. The van der Waals surface area contributed by atoms with Crippen molar-refractivity contribution in [1.29, 1.82) is 0 Å². The standard InChI is InChI=1S/C22H36O7/c1-11(23)29-17-12-6-7-13-20(5,27)14-8-15(24)18(2,3)22(14,28)16(25)9-21(13,17)10-19(12,4)26/h12-17,24-28H,6-10H2,1-5H3/t12-,13+,14+,15+,16-,17-,19+,20-,21+,22+/m1/s1. The van der Waals surface area contributed by atoms with Crippen LogP contribution < -0.4 is 0 Å². The molecular weight excluding hydrogens is 376 g/mol. The van der Waals surface area contributed by atoms with Crippen LogP contribution in [0.25, 0.3) is 0 Å². The van der Waals surface area contributed by atoms with Crippen LogP contribution in [-0.2, 0) is 9.53 Å². The third-order valence-corrected chi connectivity index (χ3v) is 9.52. The Kier molecular flexibility index (Phi) is 4.41. The fraction of sp³-hybridized carbons (Fsp3) is 0.955. The molecule has 0 unspecified atom stereocenters. The first-order valence-electron chi connectivity index (χ1n) is 10.8. The second kappa shape index (κ2) is 5.94. The van der Waals surface area contributed by atoms with Gasteiger partial charge in [0, 0.05) is 29.6 Å². The molecule has 4 aliphatic carbocycles. The monoisotopic (exact) mass is 412 g/mol. The Morgan fingerprint density at radius 3 is 2.17 bits per heavy atom. The highest BCUT2D eigenvalue weighted by Gasteiger charge is 2.77. The van der Waals surface area contributed by atoms with Crippen LogP contribution in [0.3, 0.4) is 0 Å². The summed E-state index contributed by atoms with van der Waals surface area (Å²) in [5.74, 6) is -1.86. The van der Waals surface area contributed by atoms with Gasteiger partial charge in [-0.25, -0.2) is 0 Å². The lowest BCUT2D eigenvalue weighted by Crippen LogP contribution is -2.60. The molecule has 2 bridgehead atoms. The van der Waals surface area contributed by atoms with Gasteiger partial charge < -0.3 is 30.3 Å². The van der Waals surface area contributed by atoms with Gasteiger partial charge in [-0.05, 0) is 51.9 Å². The van der Waals surface area contributed by atoms with Gasteiger partial charge in [0.05, 0.1) is 23.4 Å². The lowest BCUT2D eigenvalue weighted by atomic mass is 9.57. The molecule has 0 heterocycles. The summed E-state index contributed by atoms with van der Waals surface area (Å²) in [5, 5.41) is 57.0. The predicted molar refractivity (Wildman–Crippen MR) is 104 cm³/mol. The number of aliphatic hydroxyl groups excluding tert-OH is 2. The highest BCUT2D eigenvalue weighted by molar-refractivity contribution is 5.66. The van der Waals surface area contributed by atoms with Gasteiger partial charge >= 0.3 is 5.97 Å². The van der Waals surface area contributed by atoms with Crippen molar-refractivity contribution in [3.05, 3.63) is 0 Å². The van der Waals surface area contributed by atoms with Gasteiger partial charge in [0.2, 0.25) is 0 Å². The average molecular weight is 413 g/mol. The largest absolute Gasteiger partial charge is 0.462 e. The molecule has 0 saturated heterocycles. The number of esters is 1. The molecule has 0 aromatic carbocycles. The number of aliphatic hydroxyl groups is 5. The van der Waals surface area contributed by atoms with Gasteiger partial charge in [0.15, 0.2) is 0 Å². The third kappa shape index (κ3) is 2.45. The molecule has 1 spiro atoms. The number of hydrogen-bond acceptors (Lipinski definition) is 7. The Morgan fingerprint density at radius 1 is 0.966 bits per heavy atom. The van der Waals surface area contributed by atoms with Crippen LogP contribution in [0.2, 0.25) is 0 Å². The zero-order valence-electron chi connectivity index (χ0n) is 18.1. The first-order valence-corrected chi connectivity index (χ1v) is 10.8. The van der Waals surface area contributed by atoms with Gasteiger partial charge in [-0.3, -0.25) is 4.79 Å². The summed E-state index contributed by atoms with van der Waals surface area (Å²) in [4.78, 5) is 11.9. The first-order chi connectivity index (χ1) is 13.1. The molecule has 0 amide bonds. The van der Waals surface area contributed by atoms with Gasteiger partial charge in [0.1, 0.15) is 11.7 Å². The second-order valence-corrected chi connectivity index (χ2v) is 11.3. The van der Waals surface area contributed by atoms with Crippen molar-refractivity contribution in [2.24, 2.45) is 28.6 Å². The normalized spacial score (nSPS) is 58.3. The molecule has 0 aliphatic heterocycles. The van der Waals surface area contributed by atoms with E-state index in [-0.39, 0.29) is 31.1 Å². The highest BCUT2D eigenvalue weighted by Crippen LogP contribution is 2.70. The summed E-state index contributed by atoms with van der Waals surface area (Å²) >= 11 is 0. The maximum atomic E-state index is 11.9. The van der Waals surface area contributed by atoms with Crippen molar-refractivity contribution in [2.75, 3.05) is 0 Å². The number of rotatable bonds is 1. The highest BCUT2D eigenvalue weighted by atomic mass is 16.5. The van der Waals surface area contributed by atoms with Crippen LogP contribution in [0.4, 0.5) is 0 Å². The lowest BCUT2D eigenvalue weighted by molar-refractivity contribution is -0.202. The Hall–Kier alpha value is -0.730. The van der Waals surface area contributed by atoms with Crippen molar-refractivity contribution in [3.8, 4) is 0 Å². The molecule has 7 nitrogen and oxygen atoms in total. The van der Waals surface area contributed by atoms with Crippen LogP contribution in [-0.4, -0.2) is 66.6 Å². The minimum Gasteiger partial charge on any atom is -0.462 e. The van der Waals surface area contributed by atoms with Crippen LogP contribution in [0.5, 0.6) is 0 Å². The predicted octanol–water partition coefficient (Wildman–Crippen LogP) is 0.739. The number of carbonyl (C=O) groups excluding carboxylic acids is 1. The van der Waals surface area contributed by atoms with Crippen molar-refractivity contribution >= 4 is 5.97 Å². The van der Waals surface area contributed by atoms with E-state index in [4.69, 9.17) is 4.74 Å². The summed E-state index contributed by atoms with van der Waals surface area (Å²) in [5.41, 5.74) is -6.08. The van der Waals surface area contributed by atoms with Crippen LogP contribution in [0, 0.1) is 28.6 Å². The van der Waals surface area contributed by atoms with E-state index in [0.717, 1.165) is 0 Å². The molecule has 7 heteroatoms. The van der Waals surface area contributed by atoms with E-state index in [0.29, 0.717) is 12.8 Å². The minimum atomic E-state index is -1.70. The molecule has 10 atom stereocenters. The fourth-order valence-electron chi connectivity index (χ4n) is 8.14.